The van der Waals surface area contributed by atoms with Gasteiger partial charge in [-0.15, -0.1) is 22.9 Å². The van der Waals surface area contributed by atoms with Crippen LogP contribution in [0.4, 0.5) is 0 Å². The fraction of sp³-hybridized carbons (Fsp3) is 0.636. The summed E-state index contributed by atoms with van der Waals surface area (Å²) in [6.07, 6.45) is 2.31. The largest absolute Gasteiger partial charge is 0.312 e. The van der Waals surface area contributed by atoms with Gasteiger partial charge in [0.1, 0.15) is 0 Å². The predicted molar refractivity (Wildman–Crippen MR) is 72.8 cm³/mol. The molecule has 0 amide bonds. The highest BCUT2D eigenvalue weighted by molar-refractivity contribution is 9.11. The summed E-state index contributed by atoms with van der Waals surface area (Å²) in [5, 5.41) is 3.48. The van der Waals surface area contributed by atoms with Crippen LogP contribution in [-0.2, 0) is 6.54 Å². The van der Waals surface area contributed by atoms with Crippen LogP contribution in [0.2, 0.25) is 0 Å². The first kappa shape index (κ1) is 13.5. The molecule has 0 fully saturated rings. The predicted octanol–water partition coefficient (Wildman–Crippen LogP) is 4.26. The van der Waals surface area contributed by atoms with Crippen molar-refractivity contribution in [1.29, 1.82) is 0 Å². The van der Waals surface area contributed by atoms with E-state index < -0.39 is 0 Å². The van der Waals surface area contributed by atoms with Crippen molar-refractivity contribution in [2.45, 2.75) is 26.3 Å². The summed E-state index contributed by atoms with van der Waals surface area (Å²) in [6.45, 7) is 4.26. The Morgan fingerprint density at radius 2 is 2.33 bits per heavy atom. The summed E-state index contributed by atoms with van der Waals surface area (Å²) in [5.74, 6) is 1.48. The quantitative estimate of drug-likeness (QED) is 0.742. The fourth-order valence-corrected chi connectivity index (χ4v) is 3.21. The Morgan fingerprint density at radius 3 is 2.87 bits per heavy atom. The summed E-state index contributed by atoms with van der Waals surface area (Å²) < 4.78 is 1.20. The lowest BCUT2D eigenvalue weighted by Crippen LogP contribution is -2.22. The minimum Gasteiger partial charge on any atom is -0.312 e. The molecule has 1 heterocycles. The summed E-state index contributed by atoms with van der Waals surface area (Å²) >= 11 is 11.0. The summed E-state index contributed by atoms with van der Waals surface area (Å²) in [5.41, 5.74) is 0. The average molecular weight is 311 g/mol. The van der Waals surface area contributed by atoms with E-state index in [0.29, 0.717) is 5.92 Å². The number of hydrogen-bond acceptors (Lipinski definition) is 2. The second kappa shape index (κ2) is 7.66. The molecular weight excluding hydrogens is 294 g/mol. The van der Waals surface area contributed by atoms with Crippen molar-refractivity contribution in [2.75, 3.05) is 12.4 Å². The first-order chi connectivity index (χ1) is 7.26. The van der Waals surface area contributed by atoms with E-state index in [1.165, 1.54) is 15.1 Å². The highest BCUT2D eigenvalue weighted by Gasteiger charge is 2.05. The van der Waals surface area contributed by atoms with Gasteiger partial charge >= 0.3 is 0 Å². The standard InChI is InChI=1S/C11H17BrClNS/c1-2-9(5-6-13)7-14-8-10-3-4-11(12)15-10/h3-4,9,14H,2,5-8H2,1H3. The molecule has 0 saturated carbocycles. The van der Waals surface area contributed by atoms with Crippen molar-refractivity contribution in [3.05, 3.63) is 20.8 Å². The normalized spacial score (nSPS) is 13.0. The van der Waals surface area contributed by atoms with Crippen molar-refractivity contribution in [1.82, 2.24) is 5.32 Å². The molecule has 0 aliphatic carbocycles. The van der Waals surface area contributed by atoms with Gasteiger partial charge < -0.3 is 5.32 Å². The van der Waals surface area contributed by atoms with Gasteiger partial charge in [0.05, 0.1) is 3.79 Å². The molecule has 0 aromatic carbocycles. The van der Waals surface area contributed by atoms with Crippen molar-refractivity contribution in [2.24, 2.45) is 5.92 Å². The number of rotatable bonds is 7. The molecule has 0 aliphatic heterocycles. The Bertz CT molecular complexity index is 277. The van der Waals surface area contributed by atoms with E-state index in [1.54, 1.807) is 11.3 Å². The zero-order chi connectivity index (χ0) is 11.1. The van der Waals surface area contributed by atoms with Crippen LogP contribution in [0.3, 0.4) is 0 Å². The van der Waals surface area contributed by atoms with Crippen LogP contribution in [0, 0.1) is 5.92 Å². The molecule has 1 nitrogen and oxygen atoms in total. The van der Waals surface area contributed by atoms with E-state index in [0.717, 1.165) is 25.4 Å². The molecule has 4 heteroatoms. The first-order valence-electron chi connectivity index (χ1n) is 5.27. The van der Waals surface area contributed by atoms with Crippen LogP contribution in [0.5, 0.6) is 0 Å². The lowest BCUT2D eigenvalue weighted by atomic mass is 10.0. The Morgan fingerprint density at radius 1 is 1.53 bits per heavy atom. The SMILES string of the molecule is CCC(CCCl)CNCc1ccc(Br)s1. The second-order valence-corrected chi connectivity index (χ2v) is 6.51. The van der Waals surface area contributed by atoms with Crippen molar-refractivity contribution < 1.29 is 0 Å². The van der Waals surface area contributed by atoms with Gasteiger partial charge in [-0.25, -0.2) is 0 Å². The lowest BCUT2D eigenvalue weighted by Gasteiger charge is -2.13. The molecule has 1 atom stereocenters. The average Bonchev–Trinajstić information content (AvgIpc) is 2.63. The molecule has 1 aromatic heterocycles. The third-order valence-corrected chi connectivity index (χ3v) is 4.30. The Labute approximate surface area is 109 Å². The van der Waals surface area contributed by atoms with E-state index >= 15 is 0 Å². The van der Waals surface area contributed by atoms with E-state index in [1.807, 2.05) is 0 Å². The minimum absolute atomic E-state index is 0.714. The maximum Gasteiger partial charge on any atom is 0.0701 e. The summed E-state index contributed by atoms with van der Waals surface area (Å²) in [4.78, 5) is 1.38. The van der Waals surface area contributed by atoms with Gasteiger partial charge in [0.2, 0.25) is 0 Å². The van der Waals surface area contributed by atoms with E-state index in [-0.39, 0.29) is 0 Å². The van der Waals surface area contributed by atoms with Gasteiger partial charge in [0.25, 0.3) is 0 Å². The van der Waals surface area contributed by atoms with Crippen LogP contribution >= 0.6 is 38.9 Å². The van der Waals surface area contributed by atoms with Gasteiger partial charge in [-0.1, -0.05) is 13.3 Å². The van der Waals surface area contributed by atoms with Crippen LogP contribution in [-0.4, -0.2) is 12.4 Å². The zero-order valence-corrected chi connectivity index (χ0v) is 12.1. The van der Waals surface area contributed by atoms with Gasteiger partial charge in [0.15, 0.2) is 0 Å². The van der Waals surface area contributed by atoms with Crippen molar-refractivity contribution in [3.8, 4) is 0 Å². The first-order valence-corrected chi connectivity index (χ1v) is 7.41. The number of nitrogens with one attached hydrogen (secondary N) is 1. The molecule has 1 rings (SSSR count). The van der Waals surface area contributed by atoms with Crippen molar-refractivity contribution >= 4 is 38.9 Å². The highest BCUT2D eigenvalue weighted by Crippen LogP contribution is 2.21. The van der Waals surface area contributed by atoms with Crippen LogP contribution in [0.15, 0.2) is 15.9 Å². The van der Waals surface area contributed by atoms with E-state index in [4.69, 9.17) is 11.6 Å². The smallest absolute Gasteiger partial charge is 0.0701 e. The second-order valence-electron chi connectivity index (χ2n) is 3.59. The van der Waals surface area contributed by atoms with Crippen LogP contribution in [0.1, 0.15) is 24.6 Å². The molecule has 0 spiro atoms. The maximum absolute atomic E-state index is 5.74. The molecular formula is C11H17BrClNS. The molecule has 1 aromatic rings. The number of hydrogen-bond donors (Lipinski definition) is 1. The molecule has 0 bridgehead atoms. The number of alkyl halides is 1. The summed E-state index contributed by atoms with van der Waals surface area (Å²) in [7, 11) is 0. The monoisotopic (exact) mass is 309 g/mol. The Kier molecular flexibility index (Phi) is 6.89. The molecule has 0 aliphatic rings. The molecule has 86 valence electrons. The number of halogens is 2. The van der Waals surface area contributed by atoms with Gasteiger partial charge in [-0.3, -0.25) is 0 Å². The molecule has 15 heavy (non-hydrogen) atoms. The number of thiophene rings is 1. The van der Waals surface area contributed by atoms with Gasteiger partial charge in [-0.05, 0) is 46.9 Å². The zero-order valence-electron chi connectivity index (χ0n) is 8.93. The van der Waals surface area contributed by atoms with Crippen LogP contribution in [0.25, 0.3) is 0 Å². The molecule has 1 N–H and O–H groups in total. The van der Waals surface area contributed by atoms with Crippen LogP contribution < -0.4 is 5.32 Å². The molecule has 1 unspecified atom stereocenters. The van der Waals surface area contributed by atoms with Crippen molar-refractivity contribution in [3.63, 3.8) is 0 Å². The Balaban J connectivity index is 2.20. The summed E-state index contributed by atoms with van der Waals surface area (Å²) in [6, 6.07) is 4.25. The Hall–Kier alpha value is 0.430. The fourth-order valence-electron chi connectivity index (χ4n) is 1.45. The van der Waals surface area contributed by atoms with Gasteiger partial charge in [-0.2, -0.15) is 0 Å². The lowest BCUT2D eigenvalue weighted by molar-refractivity contribution is 0.452. The third kappa shape index (κ3) is 5.34. The maximum atomic E-state index is 5.74. The highest BCUT2D eigenvalue weighted by atomic mass is 79.9. The van der Waals surface area contributed by atoms with E-state index in [2.05, 4.69) is 40.3 Å². The minimum atomic E-state index is 0.714. The van der Waals surface area contributed by atoms with E-state index in [9.17, 15) is 0 Å². The topological polar surface area (TPSA) is 12.0 Å². The third-order valence-electron chi connectivity index (χ3n) is 2.46. The molecule has 0 saturated heterocycles. The van der Waals surface area contributed by atoms with Gasteiger partial charge in [0, 0.05) is 17.3 Å². The molecule has 0 radical (unpaired) electrons.